The Kier molecular flexibility index (Phi) is 24.1. The Morgan fingerprint density at radius 2 is 0.486 bits per heavy atom. The van der Waals surface area contributed by atoms with Crippen molar-refractivity contribution in [2.24, 2.45) is 0 Å². The first kappa shape index (κ1) is 87.2. The fourth-order valence-corrected chi connectivity index (χ4v) is 18.3. The molecule has 0 unspecified atom stereocenters. The van der Waals surface area contributed by atoms with Crippen LogP contribution in [-0.4, -0.2) is 74.8 Å². The first-order chi connectivity index (χ1) is 68.8. The number of fused-ring (bicyclic) bond motifs is 9. The van der Waals surface area contributed by atoms with Crippen molar-refractivity contribution in [2.75, 3.05) is 0 Å². The quantitative estimate of drug-likeness (QED) is 0.0781. The summed E-state index contributed by atoms with van der Waals surface area (Å²) in [6.45, 7) is 12.4. The molecule has 0 spiro atoms. The molecule has 15 nitrogen and oxygen atoms in total. The Balaban J connectivity index is 0.000000121. The fraction of sp³-hybridized carbons (Fsp3) is 0.0640. The Labute approximate surface area is 811 Å². The molecule has 140 heavy (non-hydrogen) atoms. The summed E-state index contributed by atoms with van der Waals surface area (Å²) < 4.78 is 0. The standard InChI is InChI=1S/C43H33N5.2C41H29N5/c1-3-35-23-21-28-22-24-37-38(27-36(4-2)45-40(37)39(28)44-35)33-19-11-17-31(25-33)32-18-12-20-34(26-32)43-47-41(29-13-7-5-8-14-29)46-42(48-43)30-15-9-6-10-16-30;1-26-16-17-29-18-19-35-36(21-27(2)44-40(35)39(29)43-26)32-13-6-11-30(22-32)31-12-7-14-33(23-31)41-45-37(28-9-4-3-5-10-28)24-38(46-41)34-15-8-20-42-25-34;1-26-8-9-33-18-19-35-36(24-27(2)44-40(35)39(33)43-26)30-14-10-28(11-15-30)29-12-16-32(17-13-29)38-25-37(31-6-4-3-5-7-31)45-41(46-38)34-20-22-42-23-21-34/h5-27H,3-4H2,1-2H3;2*3-25H,1-2H3. The van der Waals surface area contributed by atoms with Gasteiger partial charge < -0.3 is 0 Å². The minimum atomic E-state index is 0.638. The van der Waals surface area contributed by atoms with Crippen LogP contribution in [0.2, 0.25) is 0 Å². The highest BCUT2D eigenvalue weighted by molar-refractivity contribution is 6.11. The van der Waals surface area contributed by atoms with Crippen molar-refractivity contribution in [3.8, 4) is 169 Å². The summed E-state index contributed by atoms with van der Waals surface area (Å²) in [5, 5.41) is 6.63. The van der Waals surface area contributed by atoms with Crippen LogP contribution >= 0.6 is 0 Å². The van der Waals surface area contributed by atoms with E-state index >= 15 is 0 Å². The third kappa shape index (κ3) is 18.3. The summed E-state index contributed by atoms with van der Waals surface area (Å²) in [5.41, 5.74) is 37.6. The molecule has 0 aliphatic carbocycles. The maximum Gasteiger partial charge on any atom is 0.164 e. The van der Waals surface area contributed by atoms with Crippen molar-refractivity contribution in [3.63, 3.8) is 0 Å². The molecule has 24 rings (SSSR count). The molecule has 13 aromatic carbocycles. The van der Waals surface area contributed by atoms with Crippen LogP contribution in [0.1, 0.15) is 48.0 Å². The number of rotatable bonds is 17. The van der Waals surface area contributed by atoms with Crippen LogP contribution in [0.15, 0.2) is 419 Å². The van der Waals surface area contributed by atoms with E-state index in [1.54, 1.807) is 18.6 Å². The van der Waals surface area contributed by atoms with E-state index in [2.05, 4.69) is 279 Å². The van der Waals surface area contributed by atoms with Gasteiger partial charge >= 0.3 is 0 Å². The zero-order valence-electron chi connectivity index (χ0n) is 78.0. The summed E-state index contributed by atoms with van der Waals surface area (Å²) in [4.78, 5) is 72.8. The summed E-state index contributed by atoms with van der Waals surface area (Å²) >= 11 is 0. The van der Waals surface area contributed by atoms with Crippen molar-refractivity contribution in [3.05, 3.63) is 453 Å². The maximum atomic E-state index is 5.09. The van der Waals surface area contributed by atoms with Gasteiger partial charge in [0, 0.05) is 141 Å². The van der Waals surface area contributed by atoms with Crippen LogP contribution in [0.25, 0.3) is 234 Å². The molecule has 0 aliphatic heterocycles. The molecule has 0 bridgehead atoms. The van der Waals surface area contributed by atoms with Crippen LogP contribution in [0.4, 0.5) is 0 Å². The number of hydrogen-bond acceptors (Lipinski definition) is 15. The predicted octanol–water partition coefficient (Wildman–Crippen LogP) is 30.3. The lowest BCUT2D eigenvalue weighted by Crippen LogP contribution is -2.00. The molecule has 0 saturated carbocycles. The Morgan fingerprint density at radius 3 is 0.936 bits per heavy atom. The molecule has 0 radical (unpaired) electrons. The second-order valence-corrected chi connectivity index (χ2v) is 34.9. The molecule has 24 aromatic rings. The molecule has 0 fully saturated rings. The fourth-order valence-electron chi connectivity index (χ4n) is 18.3. The van der Waals surface area contributed by atoms with E-state index < -0.39 is 0 Å². The lowest BCUT2D eigenvalue weighted by Gasteiger charge is -2.13. The molecule has 0 atom stereocenters. The molecule has 0 amide bonds. The van der Waals surface area contributed by atoms with E-state index in [0.29, 0.717) is 29.1 Å². The van der Waals surface area contributed by atoms with Crippen LogP contribution < -0.4 is 0 Å². The van der Waals surface area contributed by atoms with Gasteiger partial charge in [-0.05, 0) is 204 Å². The monoisotopic (exact) mass is 1800 g/mol. The van der Waals surface area contributed by atoms with Crippen LogP contribution in [0, 0.1) is 27.7 Å². The maximum absolute atomic E-state index is 5.09. The average molecular weight is 1800 g/mol. The van der Waals surface area contributed by atoms with Crippen molar-refractivity contribution in [2.45, 2.75) is 54.4 Å². The number of aromatic nitrogens is 15. The molecule has 11 aromatic heterocycles. The Hall–Kier alpha value is -18.2. The highest BCUT2D eigenvalue weighted by Crippen LogP contribution is 2.42. The third-order valence-electron chi connectivity index (χ3n) is 25.4. The number of pyridine rings is 8. The highest BCUT2D eigenvalue weighted by Gasteiger charge is 2.22. The van der Waals surface area contributed by atoms with Crippen molar-refractivity contribution in [1.82, 2.24) is 74.8 Å². The predicted molar refractivity (Wildman–Crippen MR) is 571 cm³/mol. The second-order valence-electron chi connectivity index (χ2n) is 34.9. The summed E-state index contributed by atoms with van der Waals surface area (Å²) in [6, 6.07) is 136. The molecule has 0 N–H and O–H groups in total. The van der Waals surface area contributed by atoms with Crippen LogP contribution in [0.5, 0.6) is 0 Å². The van der Waals surface area contributed by atoms with Gasteiger partial charge in [-0.1, -0.05) is 311 Å². The number of nitrogens with zero attached hydrogens (tertiary/aromatic N) is 15. The van der Waals surface area contributed by atoms with Gasteiger partial charge in [-0.15, -0.1) is 0 Å². The molecule has 0 aliphatic rings. The van der Waals surface area contributed by atoms with Crippen molar-refractivity contribution >= 4 is 65.4 Å². The van der Waals surface area contributed by atoms with Gasteiger partial charge in [0.15, 0.2) is 29.1 Å². The van der Waals surface area contributed by atoms with E-state index in [0.717, 1.165) is 252 Å². The normalized spacial score (nSPS) is 11.3. The minimum Gasteiger partial charge on any atom is -0.265 e. The first-order valence-electron chi connectivity index (χ1n) is 47.1. The number of benzene rings is 13. The lowest BCUT2D eigenvalue weighted by atomic mass is 9.94. The van der Waals surface area contributed by atoms with E-state index in [1.165, 1.54) is 0 Å². The van der Waals surface area contributed by atoms with Gasteiger partial charge in [-0.25, -0.2) is 34.9 Å². The van der Waals surface area contributed by atoms with Gasteiger partial charge in [0.1, 0.15) is 0 Å². The molecule has 11 heterocycles. The second kappa shape index (κ2) is 38.6. The van der Waals surface area contributed by atoms with Gasteiger partial charge in [-0.2, -0.15) is 0 Å². The zero-order valence-corrected chi connectivity index (χ0v) is 78.0. The molecule has 0 saturated heterocycles. The summed E-state index contributed by atoms with van der Waals surface area (Å²) in [7, 11) is 0. The van der Waals surface area contributed by atoms with E-state index in [9.17, 15) is 0 Å². The Morgan fingerprint density at radius 1 is 0.171 bits per heavy atom. The Bertz CT molecular complexity index is 8610. The van der Waals surface area contributed by atoms with E-state index in [4.69, 9.17) is 64.8 Å². The van der Waals surface area contributed by atoms with E-state index in [1.807, 2.05) is 173 Å². The molecule has 666 valence electrons. The van der Waals surface area contributed by atoms with Crippen molar-refractivity contribution < 1.29 is 0 Å². The van der Waals surface area contributed by atoms with Gasteiger partial charge in [0.25, 0.3) is 0 Å². The highest BCUT2D eigenvalue weighted by atomic mass is 15.0. The topological polar surface area (TPSA) is 193 Å². The molecular formula is C125H91N15. The molecule has 15 heteroatoms. The zero-order chi connectivity index (χ0) is 94.5. The summed E-state index contributed by atoms with van der Waals surface area (Å²) in [5.74, 6) is 3.28. The first-order valence-corrected chi connectivity index (χ1v) is 47.1. The average Bonchev–Trinajstić information content (AvgIpc) is 0.758. The van der Waals surface area contributed by atoms with Gasteiger partial charge in [-0.3, -0.25) is 39.9 Å². The summed E-state index contributed by atoms with van der Waals surface area (Å²) in [6.07, 6.45) is 8.89. The van der Waals surface area contributed by atoms with Crippen LogP contribution in [0.3, 0.4) is 0 Å². The number of hydrogen-bond donors (Lipinski definition) is 0. The molecular weight excluding hydrogens is 1710 g/mol. The smallest absolute Gasteiger partial charge is 0.164 e. The van der Waals surface area contributed by atoms with Crippen molar-refractivity contribution in [1.29, 1.82) is 0 Å². The van der Waals surface area contributed by atoms with E-state index in [-0.39, 0.29) is 0 Å². The lowest BCUT2D eigenvalue weighted by molar-refractivity contribution is 1.05. The third-order valence-corrected chi connectivity index (χ3v) is 25.4. The number of aryl methyl sites for hydroxylation is 6. The van der Waals surface area contributed by atoms with Crippen LogP contribution in [-0.2, 0) is 12.8 Å². The SMILES string of the molecule is CCc1ccc2ccc3c(-c4cccc(-c5cccc(-c6nc(-c7ccccc7)nc(-c7ccccc7)n6)c5)c4)cc(CC)nc3c2n1.Cc1ccc2ccc3c(-c4ccc(-c5ccc(-c6cc(-c7ccccc7)nc(-c7ccncc7)n6)cc5)cc4)cc(C)nc3c2n1.Cc1ccc2ccc3c(-c4cccc(-c5cccc(-c6nc(-c7ccccc7)cc(-c7cccnc7)n6)c5)c4)cc(C)nc3c2n1. The van der Waals surface area contributed by atoms with Gasteiger partial charge in [0.2, 0.25) is 0 Å². The largest absolute Gasteiger partial charge is 0.265 e. The minimum absolute atomic E-state index is 0.638. The van der Waals surface area contributed by atoms with Gasteiger partial charge in [0.05, 0.1) is 55.9 Å².